The fourth-order valence-electron chi connectivity index (χ4n) is 0.864. The molecule has 0 saturated carbocycles. The van der Waals surface area contributed by atoms with Crippen molar-refractivity contribution in [1.82, 2.24) is 4.98 Å². The van der Waals surface area contributed by atoms with E-state index in [0.717, 1.165) is 0 Å². The molecule has 1 rings (SSSR count). The summed E-state index contributed by atoms with van der Waals surface area (Å²) < 4.78 is 46.5. The summed E-state index contributed by atoms with van der Waals surface area (Å²) in [6, 6.07) is 0.638. The lowest BCUT2D eigenvalue weighted by Gasteiger charge is -2.07. The molecule has 0 radical (unpaired) electrons. The highest BCUT2D eigenvalue weighted by Gasteiger charge is 2.24. The van der Waals surface area contributed by atoms with Crippen LogP contribution < -0.4 is 5.14 Å². The number of pyridine rings is 1. The molecule has 1 aromatic heterocycles. The summed E-state index contributed by atoms with van der Waals surface area (Å²) in [5.41, 5.74) is -0.907. The molecule has 0 aliphatic rings. The normalized spacial score (nSPS) is 12.1. The van der Waals surface area contributed by atoms with E-state index in [-0.39, 0.29) is 3.70 Å². The van der Waals surface area contributed by atoms with Crippen molar-refractivity contribution in [1.29, 1.82) is 0 Å². The predicted molar refractivity (Wildman–Crippen MR) is 54.9 cm³/mol. The number of primary sulfonamides is 1. The summed E-state index contributed by atoms with van der Waals surface area (Å²) in [6.07, 6.45) is -3.08. The summed E-state index contributed by atoms with van der Waals surface area (Å²) in [6.45, 7) is 0. The second-order valence-electron chi connectivity index (χ2n) is 2.54. The number of halogens is 3. The monoisotopic (exact) mass is 350 g/mol. The number of rotatable bonds is 2. The first-order valence-electron chi connectivity index (χ1n) is 3.44. The number of sulfonamides is 1. The molecular formula is C6H5F2IN2O3S. The lowest BCUT2D eigenvalue weighted by Crippen LogP contribution is -2.17. The largest absolute Gasteiger partial charge is 0.505 e. The van der Waals surface area contributed by atoms with Crippen LogP contribution in [0.15, 0.2) is 11.1 Å². The molecule has 15 heavy (non-hydrogen) atoms. The molecule has 0 bridgehead atoms. The number of aromatic nitrogens is 1. The van der Waals surface area contributed by atoms with Crippen LogP contribution in [-0.2, 0) is 10.0 Å². The van der Waals surface area contributed by atoms with Gasteiger partial charge in [0.15, 0.2) is 5.03 Å². The van der Waals surface area contributed by atoms with Gasteiger partial charge in [-0.1, -0.05) is 0 Å². The first-order chi connectivity index (χ1) is 6.73. The molecule has 0 atom stereocenters. The van der Waals surface area contributed by atoms with Crippen LogP contribution in [0, 0.1) is 3.70 Å². The molecule has 0 unspecified atom stereocenters. The van der Waals surface area contributed by atoms with Crippen LogP contribution in [-0.4, -0.2) is 18.5 Å². The van der Waals surface area contributed by atoms with Crippen molar-refractivity contribution in [2.45, 2.75) is 11.5 Å². The van der Waals surface area contributed by atoms with Crippen LogP contribution >= 0.6 is 22.6 Å². The van der Waals surface area contributed by atoms with E-state index in [1.165, 1.54) is 22.6 Å². The second-order valence-corrected chi connectivity index (χ2v) is 5.04. The minimum atomic E-state index is -4.32. The van der Waals surface area contributed by atoms with E-state index in [2.05, 4.69) is 4.98 Å². The molecule has 0 saturated heterocycles. The van der Waals surface area contributed by atoms with Gasteiger partial charge in [-0.3, -0.25) is 0 Å². The molecule has 0 fully saturated rings. The maximum Gasteiger partial charge on any atom is 0.266 e. The Hall–Kier alpha value is -0.550. The molecule has 3 N–H and O–H groups in total. The van der Waals surface area contributed by atoms with Gasteiger partial charge in [-0.15, -0.1) is 0 Å². The Morgan fingerprint density at radius 1 is 1.53 bits per heavy atom. The van der Waals surface area contributed by atoms with Crippen molar-refractivity contribution in [3.63, 3.8) is 0 Å². The average molecular weight is 350 g/mol. The van der Waals surface area contributed by atoms with E-state index in [1.807, 2.05) is 0 Å². The maximum atomic E-state index is 12.4. The summed E-state index contributed by atoms with van der Waals surface area (Å²) >= 11 is 1.50. The third-order valence-electron chi connectivity index (χ3n) is 1.45. The van der Waals surface area contributed by atoms with Gasteiger partial charge in [0.2, 0.25) is 0 Å². The van der Waals surface area contributed by atoms with Gasteiger partial charge in [0.1, 0.15) is 9.45 Å². The van der Waals surface area contributed by atoms with Crippen LogP contribution in [0.2, 0.25) is 0 Å². The van der Waals surface area contributed by atoms with Gasteiger partial charge in [-0.05, 0) is 28.7 Å². The first kappa shape index (κ1) is 12.5. The lowest BCUT2D eigenvalue weighted by atomic mass is 10.3. The molecule has 1 heterocycles. The smallest absolute Gasteiger partial charge is 0.266 e. The van der Waals surface area contributed by atoms with E-state index in [0.29, 0.717) is 6.07 Å². The highest BCUT2D eigenvalue weighted by atomic mass is 127. The van der Waals surface area contributed by atoms with E-state index in [4.69, 9.17) is 10.2 Å². The average Bonchev–Trinajstić information content (AvgIpc) is 2.06. The molecule has 1 aromatic rings. The fourth-order valence-corrected chi connectivity index (χ4v) is 2.12. The van der Waals surface area contributed by atoms with Crippen molar-refractivity contribution in [3.8, 4) is 5.75 Å². The molecule has 0 aliphatic heterocycles. The molecule has 0 spiro atoms. The van der Waals surface area contributed by atoms with Gasteiger partial charge in [-0.2, -0.15) is 0 Å². The highest BCUT2D eigenvalue weighted by molar-refractivity contribution is 14.1. The molecule has 5 nitrogen and oxygen atoms in total. The maximum absolute atomic E-state index is 12.4. The number of nitrogens with two attached hydrogens (primary N) is 1. The Balaban J connectivity index is 3.56. The van der Waals surface area contributed by atoms with Crippen molar-refractivity contribution in [3.05, 3.63) is 15.3 Å². The highest BCUT2D eigenvalue weighted by Crippen LogP contribution is 2.29. The Labute approximate surface area is 97.5 Å². The van der Waals surface area contributed by atoms with Crippen LogP contribution in [0.4, 0.5) is 8.78 Å². The van der Waals surface area contributed by atoms with Crippen molar-refractivity contribution in [2.75, 3.05) is 0 Å². The minimum Gasteiger partial charge on any atom is -0.505 e. The first-order valence-corrected chi connectivity index (χ1v) is 6.06. The Bertz CT molecular complexity index is 491. The summed E-state index contributed by atoms with van der Waals surface area (Å²) in [4.78, 5) is 3.31. The fraction of sp³-hybridized carbons (Fsp3) is 0.167. The van der Waals surface area contributed by atoms with Crippen LogP contribution in [0.3, 0.4) is 0 Å². The van der Waals surface area contributed by atoms with Gasteiger partial charge in [0.25, 0.3) is 16.4 Å². The third-order valence-corrected chi connectivity index (χ3v) is 3.11. The molecule has 0 amide bonds. The third kappa shape index (κ3) is 2.72. The Kier molecular flexibility index (Phi) is 3.45. The number of hydrogen-bond donors (Lipinski definition) is 2. The van der Waals surface area contributed by atoms with Gasteiger partial charge >= 0.3 is 0 Å². The Morgan fingerprint density at radius 2 is 2.07 bits per heavy atom. The summed E-state index contributed by atoms with van der Waals surface area (Å²) in [5.74, 6) is -0.515. The van der Waals surface area contributed by atoms with Gasteiger partial charge in [0, 0.05) is 0 Å². The second kappa shape index (κ2) is 4.14. The van der Waals surface area contributed by atoms with Crippen LogP contribution in [0.5, 0.6) is 5.75 Å². The topological polar surface area (TPSA) is 93.3 Å². The van der Waals surface area contributed by atoms with Gasteiger partial charge in [0.05, 0.1) is 5.56 Å². The molecule has 84 valence electrons. The molecular weight excluding hydrogens is 345 g/mol. The quantitative estimate of drug-likeness (QED) is 0.614. The van der Waals surface area contributed by atoms with Gasteiger partial charge in [-0.25, -0.2) is 27.3 Å². The van der Waals surface area contributed by atoms with Crippen molar-refractivity contribution < 1.29 is 22.3 Å². The zero-order valence-corrected chi connectivity index (χ0v) is 9.96. The Morgan fingerprint density at radius 3 is 2.47 bits per heavy atom. The molecule has 9 heteroatoms. The van der Waals surface area contributed by atoms with Crippen molar-refractivity contribution in [2.24, 2.45) is 5.14 Å². The van der Waals surface area contributed by atoms with E-state index in [9.17, 15) is 17.2 Å². The van der Waals surface area contributed by atoms with Crippen molar-refractivity contribution >= 4 is 32.6 Å². The number of aromatic hydroxyl groups is 1. The number of alkyl halides is 2. The number of nitrogens with zero attached hydrogens (tertiary/aromatic N) is 1. The lowest BCUT2D eigenvalue weighted by molar-refractivity contribution is 0.146. The van der Waals surface area contributed by atoms with E-state index < -0.39 is 32.8 Å². The summed E-state index contributed by atoms with van der Waals surface area (Å²) in [5, 5.41) is 12.9. The summed E-state index contributed by atoms with van der Waals surface area (Å²) in [7, 11) is -4.32. The predicted octanol–water partition coefficient (Wildman–Crippen LogP) is 0.977. The van der Waals surface area contributed by atoms with Crippen LogP contribution in [0.1, 0.15) is 12.0 Å². The zero-order valence-electron chi connectivity index (χ0n) is 6.99. The van der Waals surface area contributed by atoms with E-state index in [1.54, 1.807) is 0 Å². The van der Waals surface area contributed by atoms with Crippen LogP contribution in [0.25, 0.3) is 0 Å². The van der Waals surface area contributed by atoms with E-state index >= 15 is 0 Å². The minimum absolute atomic E-state index is 0.110. The SMILES string of the molecule is NS(=O)(=O)c1nc(I)c(O)cc1C(F)F. The molecule has 0 aliphatic carbocycles. The van der Waals surface area contributed by atoms with Gasteiger partial charge < -0.3 is 5.11 Å². The number of hydrogen-bond acceptors (Lipinski definition) is 4. The standard InChI is InChI=1S/C6H5F2IN2O3S/c7-4(8)2-1-3(12)5(9)11-6(2)15(10,13)14/h1,4,12H,(H2,10,13,14). The zero-order chi connectivity index (χ0) is 11.8. The molecule has 0 aromatic carbocycles.